The summed E-state index contributed by atoms with van der Waals surface area (Å²) in [5.41, 5.74) is 4.32. The molecule has 5 fully saturated rings. The quantitative estimate of drug-likeness (QED) is 0.845. The van der Waals surface area contributed by atoms with Gasteiger partial charge >= 0.3 is 6.18 Å². The van der Waals surface area contributed by atoms with Crippen LogP contribution in [0.15, 0.2) is 24.3 Å². The van der Waals surface area contributed by atoms with Gasteiger partial charge in [0.05, 0.1) is 5.56 Å². The number of anilines is 1. The van der Waals surface area contributed by atoms with E-state index in [1.54, 1.807) is 6.07 Å². The molecule has 1 heterocycles. The average Bonchev–Trinajstić information content (AvgIpc) is 2.60. The maximum Gasteiger partial charge on any atom is 0.416 e. The number of nitrogens with one attached hydrogen (secondary N) is 1. The molecule has 6 rings (SSSR count). The predicted molar refractivity (Wildman–Crippen MR) is 99.3 cm³/mol. The molecular weight excluding hydrogens is 351 g/mol. The number of nitrogens with zero attached hydrogens (tertiary/aromatic N) is 2. The molecule has 3 nitrogen and oxygen atoms in total. The monoisotopic (exact) mass is 379 g/mol. The molecule has 4 saturated carbocycles. The van der Waals surface area contributed by atoms with E-state index < -0.39 is 11.7 Å². The van der Waals surface area contributed by atoms with Crippen molar-refractivity contribution < 1.29 is 13.2 Å². The van der Waals surface area contributed by atoms with Gasteiger partial charge in [0.2, 0.25) is 0 Å². The summed E-state index contributed by atoms with van der Waals surface area (Å²) >= 11 is 0. The standard InChI is InChI=1S/C21H28F3N3/c22-21(23,24)18-2-1-3-19(11-18)26-4-6-27(7-5-26)25-20-12-15-8-16(13-20)10-17(9-15)14-20/h1-3,11,15-17,25H,4-10,12-14H2. The van der Waals surface area contributed by atoms with Crippen LogP contribution in [-0.4, -0.2) is 36.7 Å². The lowest BCUT2D eigenvalue weighted by atomic mass is 9.53. The highest BCUT2D eigenvalue weighted by Crippen LogP contribution is 2.55. The molecule has 0 unspecified atom stereocenters. The zero-order valence-corrected chi connectivity index (χ0v) is 15.6. The van der Waals surface area contributed by atoms with Gasteiger partial charge in [0.1, 0.15) is 0 Å². The highest BCUT2D eigenvalue weighted by molar-refractivity contribution is 5.49. The van der Waals surface area contributed by atoms with Gasteiger partial charge in [-0.2, -0.15) is 13.2 Å². The molecule has 5 aliphatic rings. The summed E-state index contributed by atoms with van der Waals surface area (Å²) in [6.45, 7) is 3.25. The molecule has 0 amide bonds. The highest BCUT2D eigenvalue weighted by atomic mass is 19.4. The van der Waals surface area contributed by atoms with E-state index in [4.69, 9.17) is 0 Å². The predicted octanol–water partition coefficient (Wildman–Crippen LogP) is 4.30. The molecule has 1 aromatic rings. The van der Waals surface area contributed by atoms with Crippen molar-refractivity contribution in [1.29, 1.82) is 0 Å². The van der Waals surface area contributed by atoms with Crippen LogP contribution in [0.3, 0.4) is 0 Å². The van der Waals surface area contributed by atoms with Crippen LogP contribution in [0.2, 0.25) is 0 Å². The molecule has 27 heavy (non-hydrogen) atoms. The first-order chi connectivity index (χ1) is 12.9. The van der Waals surface area contributed by atoms with E-state index in [0.717, 1.165) is 50.0 Å². The van der Waals surface area contributed by atoms with Gasteiger partial charge < -0.3 is 4.90 Å². The minimum Gasteiger partial charge on any atom is -0.369 e. The van der Waals surface area contributed by atoms with Crippen LogP contribution < -0.4 is 10.3 Å². The van der Waals surface area contributed by atoms with Crippen molar-refractivity contribution >= 4 is 5.69 Å². The summed E-state index contributed by atoms with van der Waals surface area (Å²) < 4.78 is 38.9. The maximum absolute atomic E-state index is 13.0. The molecule has 4 bridgehead atoms. The number of alkyl halides is 3. The Hall–Kier alpha value is -1.27. The number of halogens is 3. The van der Waals surface area contributed by atoms with Crippen molar-refractivity contribution in [2.24, 2.45) is 17.8 Å². The average molecular weight is 379 g/mol. The molecule has 0 atom stereocenters. The lowest BCUT2D eigenvalue weighted by Crippen LogP contribution is -2.65. The first kappa shape index (κ1) is 17.8. The van der Waals surface area contributed by atoms with Crippen LogP contribution in [0.1, 0.15) is 44.1 Å². The summed E-state index contributed by atoms with van der Waals surface area (Å²) in [5.74, 6) is 2.74. The molecule has 0 aromatic heterocycles. The number of hydrogen-bond donors (Lipinski definition) is 1. The summed E-state index contributed by atoms with van der Waals surface area (Å²) in [7, 11) is 0. The van der Waals surface area contributed by atoms with Gasteiger partial charge in [-0.1, -0.05) is 6.07 Å². The molecule has 1 N–H and O–H groups in total. The molecule has 0 spiro atoms. The summed E-state index contributed by atoms with van der Waals surface area (Å²) in [6.07, 6.45) is 3.96. The lowest BCUT2D eigenvalue weighted by Gasteiger charge is -2.58. The number of piperazine rings is 1. The molecule has 6 heteroatoms. The second-order valence-corrected chi connectivity index (χ2v) is 9.33. The molecule has 1 aromatic carbocycles. The Kier molecular flexibility index (Phi) is 4.20. The van der Waals surface area contributed by atoms with Crippen molar-refractivity contribution in [1.82, 2.24) is 10.4 Å². The third kappa shape index (κ3) is 3.46. The Labute approximate surface area is 158 Å². The Morgan fingerprint density at radius 1 is 0.889 bits per heavy atom. The van der Waals surface area contributed by atoms with E-state index in [9.17, 15) is 13.2 Å². The van der Waals surface area contributed by atoms with Crippen LogP contribution in [0, 0.1) is 17.8 Å². The Morgan fingerprint density at radius 2 is 1.48 bits per heavy atom. The van der Waals surface area contributed by atoms with Crippen LogP contribution in [0.5, 0.6) is 0 Å². The minimum absolute atomic E-state index is 0.299. The minimum atomic E-state index is -4.28. The highest BCUT2D eigenvalue weighted by Gasteiger charge is 2.51. The number of hydrogen-bond acceptors (Lipinski definition) is 3. The second kappa shape index (κ2) is 6.38. The Bertz CT molecular complexity index is 659. The number of benzene rings is 1. The largest absolute Gasteiger partial charge is 0.416 e. The fourth-order valence-corrected chi connectivity index (χ4v) is 6.54. The van der Waals surface area contributed by atoms with Gasteiger partial charge in [-0.3, -0.25) is 0 Å². The second-order valence-electron chi connectivity index (χ2n) is 9.33. The van der Waals surface area contributed by atoms with Crippen molar-refractivity contribution in [2.75, 3.05) is 31.1 Å². The fraction of sp³-hybridized carbons (Fsp3) is 0.714. The maximum atomic E-state index is 13.0. The summed E-state index contributed by atoms with van der Waals surface area (Å²) in [4.78, 5) is 2.08. The fourth-order valence-electron chi connectivity index (χ4n) is 6.54. The molecule has 1 saturated heterocycles. The van der Waals surface area contributed by atoms with E-state index in [1.807, 2.05) is 0 Å². The molecule has 0 radical (unpaired) electrons. The van der Waals surface area contributed by atoms with Crippen LogP contribution >= 0.6 is 0 Å². The lowest BCUT2D eigenvalue weighted by molar-refractivity contribution is -0.137. The van der Waals surface area contributed by atoms with Crippen LogP contribution in [0.25, 0.3) is 0 Å². The summed E-state index contributed by atoms with van der Waals surface area (Å²) in [5, 5.41) is 2.34. The van der Waals surface area contributed by atoms with E-state index in [-0.39, 0.29) is 0 Å². The van der Waals surface area contributed by atoms with Gasteiger partial charge in [-0.05, 0) is 74.5 Å². The zero-order valence-electron chi connectivity index (χ0n) is 15.6. The molecule has 1 aliphatic heterocycles. The van der Waals surface area contributed by atoms with Gasteiger partial charge in [0.25, 0.3) is 0 Å². The van der Waals surface area contributed by atoms with Gasteiger partial charge in [-0.15, -0.1) is 0 Å². The van der Waals surface area contributed by atoms with Crippen molar-refractivity contribution in [3.63, 3.8) is 0 Å². The summed E-state index contributed by atoms with van der Waals surface area (Å²) in [6, 6.07) is 5.73. The van der Waals surface area contributed by atoms with Gasteiger partial charge in [0, 0.05) is 37.4 Å². The number of rotatable bonds is 3. The van der Waals surface area contributed by atoms with E-state index in [1.165, 1.54) is 50.7 Å². The SMILES string of the molecule is FC(F)(F)c1cccc(N2CCN(NC34CC5CC(CC(C5)C3)C4)CC2)c1. The van der Waals surface area contributed by atoms with Gasteiger partial charge in [-0.25, -0.2) is 10.4 Å². The van der Waals surface area contributed by atoms with Crippen molar-refractivity contribution in [3.8, 4) is 0 Å². The van der Waals surface area contributed by atoms with E-state index in [2.05, 4.69) is 15.3 Å². The van der Waals surface area contributed by atoms with Gasteiger partial charge in [0.15, 0.2) is 0 Å². The van der Waals surface area contributed by atoms with E-state index in [0.29, 0.717) is 11.2 Å². The number of hydrazine groups is 1. The van der Waals surface area contributed by atoms with Crippen LogP contribution in [-0.2, 0) is 6.18 Å². The van der Waals surface area contributed by atoms with Crippen molar-refractivity contribution in [3.05, 3.63) is 29.8 Å². The first-order valence-corrected chi connectivity index (χ1v) is 10.3. The molecule has 4 aliphatic carbocycles. The van der Waals surface area contributed by atoms with Crippen LogP contribution in [0.4, 0.5) is 18.9 Å². The molecular formula is C21H28F3N3. The molecule has 148 valence electrons. The van der Waals surface area contributed by atoms with E-state index >= 15 is 0 Å². The topological polar surface area (TPSA) is 18.5 Å². The first-order valence-electron chi connectivity index (χ1n) is 10.3. The third-order valence-corrected chi connectivity index (χ3v) is 7.25. The Balaban J connectivity index is 1.21. The normalized spacial score (nSPS) is 36.4. The Morgan fingerprint density at radius 3 is 2.04 bits per heavy atom. The van der Waals surface area contributed by atoms with Crippen molar-refractivity contribution in [2.45, 2.75) is 50.2 Å². The third-order valence-electron chi connectivity index (χ3n) is 7.25. The smallest absolute Gasteiger partial charge is 0.369 e. The zero-order chi connectivity index (χ0) is 18.6.